The van der Waals surface area contributed by atoms with Gasteiger partial charge in [0.25, 0.3) is 0 Å². The number of nitrogens with zero attached hydrogens (tertiary/aromatic N) is 2. The number of aromatic nitrogens is 1. The Bertz CT molecular complexity index is 671. The summed E-state index contributed by atoms with van der Waals surface area (Å²) in [4.78, 5) is 6.79. The average Bonchev–Trinajstić information content (AvgIpc) is 2.67. The van der Waals surface area contributed by atoms with Gasteiger partial charge in [-0.2, -0.15) is 0 Å². The third-order valence-corrected chi connectivity index (χ3v) is 5.29. The van der Waals surface area contributed by atoms with E-state index in [1.807, 2.05) is 12.4 Å². The second kappa shape index (κ2) is 10.1. The van der Waals surface area contributed by atoms with Crippen LogP contribution in [0.15, 0.2) is 48.8 Å². The maximum Gasteiger partial charge on any atom is 0.122 e. The molecule has 4 nitrogen and oxygen atoms in total. The van der Waals surface area contributed by atoms with Crippen LogP contribution in [0.2, 0.25) is 0 Å². The summed E-state index contributed by atoms with van der Waals surface area (Å²) in [5.41, 5.74) is 2.75. The van der Waals surface area contributed by atoms with Crippen LogP contribution in [0.25, 0.3) is 0 Å². The van der Waals surface area contributed by atoms with Crippen molar-refractivity contribution in [1.29, 1.82) is 0 Å². The second-order valence-electron chi connectivity index (χ2n) is 6.70. The molecule has 4 rings (SSSR count). The third kappa shape index (κ3) is 4.68. The molecule has 1 N–H and O–H groups in total. The van der Waals surface area contributed by atoms with Gasteiger partial charge in [0.15, 0.2) is 0 Å². The van der Waals surface area contributed by atoms with Crippen LogP contribution in [0.4, 0.5) is 0 Å². The van der Waals surface area contributed by atoms with Crippen molar-refractivity contribution in [3.05, 3.63) is 59.9 Å². The van der Waals surface area contributed by atoms with Gasteiger partial charge in [-0.25, -0.2) is 0 Å². The zero-order valence-corrected chi connectivity index (χ0v) is 16.5. The number of benzene rings is 1. The molecule has 2 aliphatic rings. The van der Waals surface area contributed by atoms with Gasteiger partial charge in [0, 0.05) is 38.1 Å². The van der Waals surface area contributed by atoms with Crippen molar-refractivity contribution in [3.63, 3.8) is 0 Å². The minimum absolute atomic E-state index is 0. The molecule has 0 amide bonds. The van der Waals surface area contributed by atoms with E-state index in [1.54, 1.807) is 0 Å². The van der Waals surface area contributed by atoms with E-state index < -0.39 is 0 Å². The summed E-state index contributed by atoms with van der Waals surface area (Å²) >= 11 is 0. The highest BCUT2D eigenvalue weighted by molar-refractivity contribution is 5.85. The van der Waals surface area contributed by atoms with E-state index in [0.29, 0.717) is 12.0 Å². The van der Waals surface area contributed by atoms with E-state index >= 15 is 0 Å². The number of fused-ring (bicyclic) bond motifs is 1. The number of piperazine rings is 1. The number of hydrogen-bond donors (Lipinski definition) is 1. The number of halogens is 2. The minimum atomic E-state index is 0. The number of para-hydroxylation sites is 1. The normalized spacial score (nSPS) is 22.3. The van der Waals surface area contributed by atoms with Crippen LogP contribution < -0.4 is 10.1 Å². The van der Waals surface area contributed by atoms with Crippen LogP contribution in [0.5, 0.6) is 5.75 Å². The van der Waals surface area contributed by atoms with Crippen LogP contribution in [-0.2, 0) is 0 Å². The zero-order valence-electron chi connectivity index (χ0n) is 14.8. The van der Waals surface area contributed by atoms with E-state index in [-0.39, 0.29) is 24.8 Å². The molecule has 0 bridgehead atoms. The first-order valence-corrected chi connectivity index (χ1v) is 8.98. The van der Waals surface area contributed by atoms with Crippen LogP contribution in [-0.4, -0.2) is 42.7 Å². The Labute approximate surface area is 168 Å². The molecule has 0 saturated carbocycles. The van der Waals surface area contributed by atoms with Gasteiger partial charge in [-0.3, -0.25) is 9.88 Å². The molecular weight excluding hydrogens is 369 g/mol. The average molecular weight is 396 g/mol. The highest BCUT2D eigenvalue weighted by atomic mass is 35.5. The van der Waals surface area contributed by atoms with Gasteiger partial charge < -0.3 is 10.1 Å². The molecule has 3 heterocycles. The fraction of sp³-hybridized carbons (Fsp3) is 0.450. The minimum Gasteiger partial charge on any atom is -0.493 e. The second-order valence-corrected chi connectivity index (χ2v) is 6.70. The third-order valence-electron chi connectivity index (χ3n) is 5.29. The number of rotatable bonds is 4. The predicted molar refractivity (Wildman–Crippen MR) is 110 cm³/mol. The summed E-state index contributed by atoms with van der Waals surface area (Å²) in [6, 6.07) is 13.3. The molecule has 2 aromatic rings. The predicted octanol–water partition coefficient (Wildman–Crippen LogP) is 3.83. The lowest BCUT2D eigenvalue weighted by Gasteiger charge is -2.37. The zero-order chi connectivity index (χ0) is 16.2. The van der Waals surface area contributed by atoms with E-state index in [9.17, 15) is 0 Å². The van der Waals surface area contributed by atoms with E-state index in [0.717, 1.165) is 45.0 Å². The molecule has 26 heavy (non-hydrogen) atoms. The molecule has 1 aromatic heterocycles. The number of nitrogens with one attached hydrogen (secondary N) is 1. The SMILES string of the molecule is Cl.Cl.c1ccc2c(c1)OCCC2CCN1CCNCC1c1ccncc1. The molecule has 0 radical (unpaired) electrons. The topological polar surface area (TPSA) is 37.4 Å². The first kappa shape index (κ1) is 21.0. The summed E-state index contributed by atoms with van der Waals surface area (Å²) in [6.07, 6.45) is 6.12. The largest absolute Gasteiger partial charge is 0.493 e. The van der Waals surface area contributed by atoms with Crippen LogP contribution in [0.1, 0.15) is 35.9 Å². The molecule has 1 aromatic carbocycles. The lowest BCUT2D eigenvalue weighted by atomic mass is 9.89. The van der Waals surface area contributed by atoms with Crippen LogP contribution in [0, 0.1) is 0 Å². The van der Waals surface area contributed by atoms with Gasteiger partial charge in [-0.05, 0) is 54.6 Å². The summed E-state index contributed by atoms with van der Waals surface area (Å²) in [6.45, 7) is 5.18. The van der Waals surface area contributed by atoms with Gasteiger partial charge in [-0.1, -0.05) is 18.2 Å². The van der Waals surface area contributed by atoms with E-state index in [1.165, 1.54) is 17.5 Å². The smallest absolute Gasteiger partial charge is 0.122 e. The van der Waals surface area contributed by atoms with Crippen molar-refractivity contribution in [3.8, 4) is 5.75 Å². The molecule has 2 atom stereocenters. The highest BCUT2D eigenvalue weighted by Crippen LogP contribution is 2.36. The first-order chi connectivity index (χ1) is 11.9. The van der Waals surface area contributed by atoms with Crippen molar-refractivity contribution < 1.29 is 4.74 Å². The van der Waals surface area contributed by atoms with E-state index in [4.69, 9.17) is 4.74 Å². The molecule has 142 valence electrons. The number of hydrogen-bond acceptors (Lipinski definition) is 4. The maximum absolute atomic E-state index is 5.81. The molecule has 1 fully saturated rings. The van der Waals surface area contributed by atoms with E-state index in [2.05, 4.69) is 51.6 Å². The Morgan fingerprint density at radius 1 is 1.12 bits per heavy atom. The highest BCUT2D eigenvalue weighted by Gasteiger charge is 2.26. The molecule has 1 saturated heterocycles. The van der Waals surface area contributed by atoms with Gasteiger partial charge in [0.2, 0.25) is 0 Å². The van der Waals surface area contributed by atoms with Crippen molar-refractivity contribution in [2.24, 2.45) is 0 Å². The Morgan fingerprint density at radius 2 is 1.92 bits per heavy atom. The Hall–Kier alpha value is -1.33. The Morgan fingerprint density at radius 3 is 2.77 bits per heavy atom. The first-order valence-electron chi connectivity index (χ1n) is 8.98. The fourth-order valence-corrected chi connectivity index (χ4v) is 3.97. The van der Waals surface area contributed by atoms with Gasteiger partial charge in [0.1, 0.15) is 5.75 Å². The maximum atomic E-state index is 5.81. The summed E-state index contributed by atoms with van der Waals surface area (Å²) < 4.78 is 5.81. The van der Waals surface area contributed by atoms with Gasteiger partial charge >= 0.3 is 0 Å². The number of pyridine rings is 1. The monoisotopic (exact) mass is 395 g/mol. The Balaban J connectivity index is 0.00000121. The van der Waals surface area contributed by atoms with Crippen molar-refractivity contribution in [1.82, 2.24) is 15.2 Å². The molecule has 0 spiro atoms. The van der Waals surface area contributed by atoms with Crippen molar-refractivity contribution in [2.45, 2.75) is 24.8 Å². The molecule has 6 heteroatoms. The number of ether oxygens (including phenoxy) is 1. The molecular formula is C20H27Cl2N3O. The standard InChI is InChI=1S/C20H25N3O.2ClH/c1-2-4-20-18(3-1)16(8-14-24-20)7-12-23-13-11-22-15-19(23)17-5-9-21-10-6-17;;/h1-6,9-10,16,19,22H,7-8,11-15H2;2*1H. The fourth-order valence-electron chi connectivity index (χ4n) is 3.97. The Kier molecular flexibility index (Phi) is 8.16. The van der Waals surface area contributed by atoms with Crippen molar-refractivity contribution in [2.75, 3.05) is 32.8 Å². The van der Waals surface area contributed by atoms with Crippen LogP contribution >= 0.6 is 24.8 Å². The summed E-state index contributed by atoms with van der Waals surface area (Å²) in [7, 11) is 0. The lowest BCUT2D eigenvalue weighted by molar-refractivity contribution is 0.151. The molecule has 2 unspecified atom stereocenters. The quantitative estimate of drug-likeness (QED) is 0.853. The summed E-state index contributed by atoms with van der Waals surface area (Å²) in [5.74, 6) is 1.70. The van der Waals surface area contributed by atoms with Gasteiger partial charge in [-0.15, -0.1) is 24.8 Å². The van der Waals surface area contributed by atoms with Crippen molar-refractivity contribution >= 4 is 24.8 Å². The molecule has 2 aliphatic heterocycles. The summed E-state index contributed by atoms with van der Waals surface area (Å²) in [5, 5.41) is 3.53. The van der Waals surface area contributed by atoms with Gasteiger partial charge in [0.05, 0.1) is 6.61 Å². The van der Waals surface area contributed by atoms with Crippen LogP contribution in [0.3, 0.4) is 0 Å². The lowest BCUT2D eigenvalue weighted by Crippen LogP contribution is -2.46. The molecule has 0 aliphatic carbocycles.